The second kappa shape index (κ2) is 5.95. The fourth-order valence-corrected chi connectivity index (χ4v) is 2.21. The maximum absolute atomic E-state index is 11.4. The lowest BCUT2D eigenvalue weighted by Crippen LogP contribution is -2.23. The molecular formula is C12H19N3O3. The average Bonchev–Trinajstić information content (AvgIpc) is 2.99. The Bertz CT molecular complexity index is 405. The number of aromatic nitrogens is 2. The van der Waals surface area contributed by atoms with Crippen molar-refractivity contribution < 1.29 is 14.1 Å². The first kappa shape index (κ1) is 13.0. The molecule has 0 amide bonds. The van der Waals surface area contributed by atoms with Gasteiger partial charge in [-0.1, -0.05) is 12.1 Å². The zero-order valence-electron chi connectivity index (χ0n) is 10.9. The Kier molecular flexibility index (Phi) is 4.30. The van der Waals surface area contributed by atoms with Gasteiger partial charge in [0.15, 0.2) is 5.82 Å². The monoisotopic (exact) mass is 253 g/mol. The number of hydrogen-bond acceptors (Lipinski definition) is 6. The lowest BCUT2D eigenvalue weighted by molar-refractivity contribution is -0.144. The van der Waals surface area contributed by atoms with Gasteiger partial charge in [0.05, 0.1) is 19.6 Å². The van der Waals surface area contributed by atoms with Crippen LogP contribution in [0.15, 0.2) is 4.52 Å². The Hall–Kier alpha value is -1.43. The fourth-order valence-electron chi connectivity index (χ4n) is 2.21. The number of aryl methyl sites for hydroxylation is 1. The van der Waals surface area contributed by atoms with Gasteiger partial charge in [0.1, 0.15) is 0 Å². The van der Waals surface area contributed by atoms with Gasteiger partial charge in [0.25, 0.3) is 0 Å². The highest BCUT2D eigenvalue weighted by Crippen LogP contribution is 2.19. The molecule has 6 nitrogen and oxygen atoms in total. The molecule has 18 heavy (non-hydrogen) atoms. The predicted octanol–water partition coefficient (Wildman–Crippen LogP) is 1.02. The van der Waals surface area contributed by atoms with Gasteiger partial charge >= 0.3 is 5.97 Å². The first-order valence-electron chi connectivity index (χ1n) is 6.34. The van der Waals surface area contributed by atoms with Crippen molar-refractivity contribution >= 4 is 5.97 Å². The third-order valence-corrected chi connectivity index (χ3v) is 3.15. The molecule has 1 aliphatic heterocycles. The number of carbonyl (C=O) groups is 1. The third-order valence-electron chi connectivity index (χ3n) is 3.15. The molecule has 1 aromatic heterocycles. The summed E-state index contributed by atoms with van der Waals surface area (Å²) in [5.41, 5.74) is 0. The molecule has 0 aliphatic carbocycles. The largest absolute Gasteiger partial charge is 0.469 e. The van der Waals surface area contributed by atoms with Crippen molar-refractivity contribution in [1.29, 1.82) is 0 Å². The van der Waals surface area contributed by atoms with Gasteiger partial charge in [0, 0.05) is 13.0 Å². The summed E-state index contributed by atoms with van der Waals surface area (Å²) in [6.45, 7) is 4.27. The Labute approximate surface area is 106 Å². The van der Waals surface area contributed by atoms with Gasteiger partial charge in [-0.25, -0.2) is 0 Å². The van der Waals surface area contributed by atoms with Gasteiger partial charge in [-0.05, 0) is 19.4 Å². The Morgan fingerprint density at radius 2 is 2.44 bits per heavy atom. The lowest BCUT2D eigenvalue weighted by atomic mass is 10.1. The molecule has 1 unspecified atom stereocenters. The van der Waals surface area contributed by atoms with Crippen molar-refractivity contribution in [3.8, 4) is 0 Å². The fraction of sp³-hybridized carbons (Fsp3) is 0.750. The highest BCUT2D eigenvalue weighted by molar-refractivity contribution is 5.72. The Balaban J connectivity index is 1.85. The van der Waals surface area contributed by atoms with E-state index < -0.39 is 0 Å². The molecule has 0 bridgehead atoms. The van der Waals surface area contributed by atoms with Crippen LogP contribution in [0.3, 0.4) is 0 Å². The van der Waals surface area contributed by atoms with Crippen molar-refractivity contribution in [3.63, 3.8) is 0 Å². The van der Waals surface area contributed by atoms with Gasteiger partial charge in [-0.2, -0.15) is 4.98 Å². The number of carbonyl (C=O) groups excluding carboxylic acids is 1. The summed E-state index contributed by atoms with van der Waals surface area (Å²) in [6.07, 6.45) is 2.68. The van der Waals surface area contributed by atoms with E-state index in [0.717, 1.165) is 31.6 Å². The average molecular weight is 253 g/mol. The lowest BCUT2D eigenvalue weighted by Gasteiger charge is -2.12. The van der Waals surface area contributed by atoms with Gasteiger partial charge in [-0.3, -0.25) is 9.69 Å². The highest BCUT2D eigenvalue weighted by Gasteiger charge is 2.29. The molecule has 0 radical (unpaired) electrons. The number of hydrogen-bond donors (Lipinski definition) is 0. The number of ether oxygens (including phenoxy) is 1. The first-order chi connectivity index (χ1) is 8.72. The second-order valence-electron chi connectivity index (χ2n) is 4.60. The Morgan fingerprint density at radius 1 is 1.61 bits per heavy atom. The summed E-state index contributed by atoms with van der Waals surface area (Å²) in [5.74, 6) is 1.24. The van der Waals surface area contributed by atoms with Crippen LogP contribution in [0, 0.1) is 5.92 Å². The van der Waals surface area contributed by atoms with Crippen molar-refractivity contribution in [2.75, 3.05) is 20.2 Å². The van der Waals surface area contributed by atoms with E-state index in [1.807, 2.05) is 0 Å². The van der Waals surface area contributed by atoms with Crippen LogP contribution in [0.5, 0.6) is 0 Å². The summed E-state index contributed by atoms with van der Waals surface area (Å²) >= 11 is 0. The number of rotatable bonds is 5. The third kappa shape index (κ3) is 3.07. The molecular weight excluding hydrogens is 234 g/mol. The first-order valence-corrected chi connectivity index (χ1v) is 6.34. The van der Waals surface area contributed by atoms with Gasteiger partial charge < -0.3 is 9.26 Å². The minimum absolute atomic E-state index is 0.0203. The van der Waals surface area contributed by atoms with Crippen LogP contribution >= 0.6 is 0 Å². The smallest absolute Gasteiger partial charge is 0.310 e. The van der Waals surface area contributed by atoms with Crippen LogP contribution in [-0.4, -0.2) is 41.2 Å². The molecule has 1 atom stereocenters. The van der Waals surface area contributed by atoms with E-state index in [4.69, 9.17) is 9.26 Å². The summed E-state index contributed by atoms with van der Waals surface area (Å²) in [6, 6.07) is 0. The minimum Gasteiger partial charge on any atom is -0.469 e. The zero-order chi connectivity index (χ0) is 13.0. The minimum atomic E-state index is -0.130. The van der Waals surface area contributed by atoms with Crippen LogP contribution in [0.1, 0.15) is 31.5 Å². The predicted molar refractivity (Wildman–Crippen MR) is 63.7 cm³/mol. The van der Waals surface area contributed by atoms with E-state index in [0.29, 0.717) is 19.0 Å². The van der Waals surface area contributed by atoms with Crippen LogP contribution < -0.4 is 0 Å². The molecule has 0 saturated carbocycles. The summed E-state index contributed by atoms with van der Waals surface area (Å²) in [4.78, 5) is 17.9. The molecule has 0 aromatic carbocycles. The molecule has 2 heterocycles. The SMILES string of the molecule is CCCc1noc(CN2CCC(C(=O)OC)C2)n1. The van der Waals surface area contributed by atoms with E-state index in [1.54, 1.807) is 0 Å². The van der Waals surface area contributed by atoms with Crippen molar-refractivity contribution in [2.45, 2.75) is 32.7 Å². The summed E-state index contributed by atoms with van der Waals surface area (Å²) in [5, 5.41) is 3.91. The van der Waals surface area contributed by atoms with E-state index in [9.17, 15) is 4.79 Å². The number of likely N-dealkylation sites (tertiary alicyclic amines) is 1. The zero-order valence-corrected chi connectivity index (χ0v) is 10.9. The maximum Gasteiger partial charge on any atom is 0.310 e. The van der Waals surface area contributed by atoms with E-state index in [1.165, 1.54) is 7.11 Å². The Morgan fingerprint density at radius 3 is 3.17 bits per heavy atom. The summed E-state index contributed by atoms with van der Waals surface area (Å²) in [7, 11) is 1.43. The number of nitrogens with zero attached hydrogens (tertiary/aromatic N) is 3. The van der Waals surface area contributed by atoms with E-state index >= 15 is 0 Å². The van der Waals surface area contributed by atoms with Crippen molar-refractivity contribution in [3.05, 3.63) is 11.7 Å². The molecule has 0 spiro atoms. The quantitative estimate of drug-likeness (QED) is 0.730. The second-order valence-corrected chi connectivity index (χ2v) is 4.60. The van der Waals surface area contributed by atoms with Crippen LogP contribution in [0.25, 0.3) is 0 Å². The van der Waals surface area contributed by atoms with Crippen LogP contribution in [0.2, 0.25) is 0 Å². The van der Waals surface area contributed by atoms with Crippen molar-refractivity contribution in [1.82, 2.24) is 15.0 Å². The van der Waals surface area contributed by atoms with E-state index in [-0.39, 0.29) is 11.9 Å². The molecule has 1 saturated heterocycles. The maximum atomic E-state index is 11.4. The molecule has 1 fully saturated rings. The number of methoxy groups -OCH3 is 1. The molecule has 1 aliphatic rings. The topological polar surface area (TPSA) is 68.5 Å². The molecule has 0 N–H and O–H groups in total. The molecule has 1 aromatic rings. The summed E-state index contributed by atoms with van der Waals surface area (Å²) < 4.78 is 9.93. The highest BCUT2D eigenvalue weighted by atomic mass is 16.5. The standard InChI is InChI=1S/C12H19N3O3/c1-3-4-10-13-11(18-14-10)8-15-6-5-9(7-15)12(16)17-2/h9H,3-8H2,1-2H3. The van der Waals surface area contributed by atoms with E-state index in [2.05, 4.69) is 22.0 Å². The van der Waals surface area contributed by atoms with Gasteiger partial charge in [-0.15, -0.1) is 0 Å². The number of esters is 1. The molecule has 6 heteroatoms. The molecule has 2 rings (SSSR count). The van der Waals surface area contributed by atoms with Gasteiger partial charge in [0.2, 0.25) is 5.89 Å². The molecule has 100 valence electrons. The van der Waals surface area contributed by atoms with Crippen molar-refractivity contribution in [2.24, 2.45) is 5.92 Å². The van der Waals surface area contributed by atoms with Crippen LogP contribution in [0.4, 0.5) is 0 Å². The van der Waals surface area contributed by atoms with Crippen LogP contribution in [-0.2, 0) is 22.5 Å². The normalized spacial score (nSPS) is 20.2.